The van der Waals surface area contributed by atoms with Crippen LogP contribution in [0.5, 0.6) is 5.75 Å². The van der Waals surface area contributed by atoms with Gasteiger partial charge in [-0.25, -0.2) is 0 Å². The normalized spacial score (nSPS) is 10.9. The number of fused-ring (bicyclic) bond motifs is 1. The number of benzene rings is 1. The lowest BCUT2D eigenvalue weighted by molar-refractivity contribution is -0.113. The zero-order chi connectivity index (χ0) is 15.4. The predicted octanol–water partition coefficient (Wildman–Crippen LogP) is 0.707. The molecule has 1 aromatic carbocycles. The third-order valence-electron chi connectivity index (χ3n) is 3.04. The van der Waals surface area contributed by atoms with Crippen molar-refractivity contribution in [2.45, 2.75) is 6.54 Å². The second kappa shape index (κ2) is 6.04. The lowest BCUT2D eigenvalue weighted by atomic mass is 10.1. The molecule has 0 unspecified atom stereocenters. The summed E-state index contributed by atoms with van der Waals surface area (Å²) >= 11 is 0. The molecule has 0 bridgehead atoms. The van der Waals surface area contributed by atoms with Crippen molar-refractivity contribution in [2.24, 2.45) is 5.73 Å². The maximum absolute atomic E-state index is 12.1. The fourth-order valence-electron chi connectivity index (χ4n) is 2.09. The summed E-state index contributed by atoms with van der Waals surface area (Å²) in [7, 11) is 1.51. The smallest absolute Gasteiger partial charge is 0.252 e. The van der Waals surface area contributed by atoms with Crippen molar-refractivity contribution in [3.8, 4) is 5.75 Å². The molecular weight excluding hydrogens is 272 g/mol. The minimum atomic E-state index is -0.603. The van der Waals surface area contributed by atoms with Crippen LogP contribution in [0, 0.1) is 0 Å². The number of primary amides is 1. The van der Waals surface area contributed by atoms with E-state index in [2.05, 4.69) is 0 Å². The lowest BCUT2D eigenvalue weighted by Crippen LogP contribution is -2.21. The summed E-state index contributed by atoms with van der Waals surface area (Å²) in [5.41, 5.74) is 5.84. The second-order valence-electron chi connectivity index (χ2n) is 4.33. The number of hydrogen-bond acceptors (Lipinski definition) is 4. The molecule has 0 aliphatic rings. The van der Waals surface area contributed by atoms with Crippen molar-refractivity contribution in [3.05, 3.63) is 46.3 Å². The SMILES string of the molecule is COc1ccc2c(C=CC(N)=O)cc(=O)n(CC=O)c2c1. The van der Waals surface area contributed by atoms with E-state index in [1.807, 2.05) is 0 Å². The number of aromatic nitrogens is 1. The summed E-state index contributed by atoms with van der Waals surface area (Å²) in [5.74, 6) is -0.0358. The molecule has 6 heteroatoms. The van der Waals surface area contributed by atoms with Gasteiger partial charge in [-0.15, -0.1) is 0 Å². The Morgan fingerprint density at radius 3 is 2.76 bits per heavy atom. The maximum Gasteiger partial charge on any atom is 0.252 e. The number of rotatable bonds is 5. The van der Waals surface area contributed by atoms with Crippen molar-refractivity contribution in [1.82, 2.24) is 4.57 Å². The Labute approximate surface area is 120 Å². The van der Waals surface area contributed by atoms with Crippen molar-refractivity contribution in [3.63, 3.8) is 0 Å². The number of pyridine rings is 1. The highest BCUT2D eigenvalue weighted by Gasteiger charge is 2.08. The number of carbonyl (C=O) groups is 2. The van der Waals surface area contributed by atoms with Crippen molar-refractivity contribution in [2.75, 3.05) is 7.11 Å². The summed E-state index contributed by atoms with van der Waals surface area (Å²) in [6.45, 7) is -0.0533. The van der Waals surface area contributed by atoms with Crippen molar-refractivity contribution >= 4 is 29.2 Å². The number of amides is 1. The van der Waals surface area contributed by atoms with E-state index in [0.29, 0.717) is 23.1 Å². The molecule has 0 spiro atoms. The van der Waals surface area contributed by atoms with Gasteiger partial charge < -0.3 is 19.8 Å². The zero-order valence-electron chi connectivity index (χ0n) is 11.4. The number of aldehydes is 1. The molecule has 1 aromatic heterocycles. The first-order valence-corrected chi connectivity index (χ1v) is 6.19. The minimum Gasteiger partial charge on any atom is -0.497 e. The maximum atomic E-state index is 12.1. The highest BCUT2D eigenvalue weighted by atomic mass is 16.5. The van der Waals surface area contributed by atoms with Crippen LogP contribution in [-0.4, -0.2) is 23.9 Å². The van der Waals surface area contributed by atoms with Gasteiger partial charge in [-0.1, -0.05) is 0 Å². The number of nitrogens with two attached hydrogens (primary N) is 1. The van der Waals surface area contributed by atoms with Gasteiger partial charge in [0.25, 0.3) is 5.56 Å². The molecule has 108 valence electrons. The Hall–Kier alpha value is -2.89. The number of carbonyl (C=O) groups excluding carboxylic acids is 2. The van der Waals surface area contributed by atoms with Crippen LogP contribution in [0.2, 0.25) is 0 Å². The lowest BCUT2D eigenvalue weighted by Gasteiger charge is -2.11. The van der Waals surface area contributed by atoms with Crippen molar-refractivity contribution in [1.29, 1.82) is 0 Å². The fraction of sp³-hybridized carbons (Fsp3) is 0.133. The van der Waals surface area contributed by atoms with E-state index in [1.165, 1.54) is 29.9 Å². The quantitative estimate of drug-likeness (QED) is 0.647. The van der Waals surface area contributed by atoms with Crippen LogP contribution < -0.4 is 16.0 Å². The van der Waals surface area contributed by atoms with Gasteiger partial charge in [0.2, 0.25) is 5.91 Å². The molecule has 1 heterocycles. The van der Waals surface area contributed by atoms with Crippen LogP contribution in [0.15, 0.2) is 35.1 Å². The molecule has 0 aliphatic carbocycles. The van der Waals surface area contributed by atoms with Gasteiger partial charge in [0.1, 0.15) is 12.0 Å². The molecule has 0 saturated heterocycles. The van der Waals surface area contributed by atoms with Gasteiger partial charge in [0, 0.05) is 23.6 Å². The van der Waals surface area contributed by atoms with Crippen LogP contribution in [0.3, 0.4) is 0 Å². The number of nitrogens with zero attached hydrogens (tertiary/aromatic N) is 1. The molecule has 0 atom stereocenters. The highest BCUT2D eigenvalue weighted by molar-refractivity contribution is 5.95. The van der Waals surface area contributed by atoms with E-state index in [1.54, 1.807) is 18.2 Å². The van der Waals surface area contributed by atoms with Gasteiger partial charge in [0.05, 0.1) is 19.2 Å². The molecule has 2 rings (SSSR count). The van der Waals surface area contributed by atoms with Gasteiger partial charge in [-0.3, -0.25) is 9.59 Å². The molecule has 6 nitrogen and oxygen atoms in total. The Bertz CT molecular complexity index is 790. The first-order chi connectivity index (χ1) is 10.1. The number of ether oxygens (including phenoxy) is 1. The Kier molecular flexibility index (Phi) is 4.18. The third-order valence-corrected chi connectivity index (χ3v) is 3.04. The number of methoxy groups -OCH3 is 1. The van der Waals surface area contributed by atoms with Crippen LogP contribution in [0.4, 0.5) is 0 Å². The average molecular weight is 286 g/mol. The first-order valence-electron chi connectivity index (χ1n) is 6.19. The minimum absolute atomic E-state index is 0.0533. The van der Waals surface area contributed by atoms with E-state index in [9.17, 15) is 14.4 Å². The molecule has 21 heavy (non-hydrogen) atoms. The van der Waals surface area contributed by atoms with Crippen LogP contribution in [0.1, 0.15) is 5.56 Å². The van der Waals surface area contributed by atoms with E-state index < -0.39 is 5.91 Å². The molecule has 0 radical (unpaired) electrons. The van der Waals surface area contributed by atoms with Gasteiger partial charge in [-0.05, 0) is 23.8 Å². The molecular formula is C15H14N2O4. The standard InChI is InChI=1S/C15H14N2O4/c1-21-11-3-4-12-10(2-5-14(16)19)8-15(20)17(6-7-18)13(12)9-11/h2-5,7-9H,6H2,1H3,(H2,16,19). The van der Waals surface area contributed by atoms with E-state index in [4.69, 9.17) is 10.5 Å². The van der Waals surface area contributed by atoms with Gasteiger partial charge >= 0.3 is 0 Å². The summed E-state index contributed by atoms with van der Waals surface area (Å²) in [5, 5.41) is 0.717. The molecule has 0 fully saturated rings. The topological polar surface area (TPSA) is 91.4 Å². The van der Waals surface area contributed by atoms with Gasteiger partial charge in [0.15, 0.2) is 0 Å². The molecule has 2 N–H and O–H groups in total. The summed E-state index contributed by atoms with van der Waals surface area (Å²) < 4.78 is 6.48. The van der Waals surface area contributed by atoms with Gasteiger partial charge in [-0.2, -0.15) is 0 Å². The predicted molar refractivity (Wildman–Crippen MR) is 79.1 cm³/mol. The van der Waals surface area contributed by atoms with E-state index >= 15 is 0 Å². The summed E-state index contributed by atoms with van der Waals surface area (Å²) in [6.07, 6.45) is 3.31. The second-order valence-corrected chi connectivity index (χ2v) is 4.33. The van der Waals surface area contributed by atoms with Crippen LogP contribution >= 0.6 is 0 Å². The Morgan fingerprint density at radius 2 is 2.14 bits per heavy atom. The Balaban J connectivity index is 2.78. The summed E-state index contributed by atoms with van der Waals surface area (Å²) in [4.78, 5) is 33.7. The molecule has 0 aliphatic heterocycles. The van der Waals surface area contributed by atoms with E-state index in [-0.39, 0.29) is 12.1 Å². The first kappa shape index (κ1) is 14.5. The van der Waals surface area contributed by atoms with Crippen LogP contribution in [0.25, 0.3) is 17.0 Å². The third kappa shape index (κ3) is 3.00. The molecule has 0 saturated carbocycles. The average Bonchev–Trinajstić information content (AvgIpc) is 2.47. The van der Waals surface area contributed by atoms with Crippen molar-refractivity contribution < 1.29 is 14.3 Å². The Morgan fingerprint density at radius 1 is 1.38 bits per heavy atom. The number of hydrogen-bond donors (Lipinski definition) is 1. The molecule has 1 amide bonds. The van der Waals surface area contributed by atoms with E-state index in [0.717, 1.165) is 5.39 Å². The largest absolute Gasteiger partial charge is 0.497 e. The zero-order valence-corrected chi connectivity index (χ0v) is 11.4. The summed E-state index contributed by atoms with van der Waals surface area (Å²) in [6, 6.07) is 6.52. The van der Waals surface area contributed by atoms with Crippen LogP contribution in [-0.2, 0) is 16.1 Å². The highest BCUT2D eigenvalue weighted by Crippen LogP contribution is 2.23. The monoisotopic (exact) mass is 286 g/mol. The fourth-order valence-corrected chi connectivity index (χ4v) is 2.09. The molecule has 2 aromatic rings.